The predicted octanol–water partition coefficient (Wildman–Crippen LogP) is 0.864. The molecule has 6 heteroatoms. The van der Waals surface area contributed by atoms with Gasteiger partial charge in [-0.15, -0.1) is 0 Å². The Labute approximate surface area is 120 Å². The number of carbonyl (C=O) groups is 2. The summed E-state index contributed by atoms with van der Waals surface area (Å²) in [7, 11) is 0. The highest BCUT2D eigenvalue weighted by Gasteiger charge is 2.33. The second-order valence-electron chi connectivity index (χ2n) is 6.63. The minimum Gasteiger partial charge on any atom is -0.444 e. The first-order valence-corrected chi connectivity index (χ1v) is 7.34. The Morgan fingerprint density at radius 3 is 2.40 bits per heavy atom. The van der Waals surface area contributed by atoms with E-state index in [1.807, 2.05) is 20.8 Å². The number of hydrogen-bond donors (Lipinski definition) is 2. The van der Waals surface area contributed by atoms with E-state index in [0.29, 0.717) is 32.1 Å². The standard InChI is InChI=1S/C14H25N3O3/c1-14(2,3)20-13(19)17-8-11(9-17)15-7-6-12(18)16-10-4-5-10/h10-11,15H,4-9H2,1-3H3,(H,16,18). The van der Waals surface area contributed by atoms with Crippen molar-refractivity contribution < 1.29 is 14.3 Å². The van der Waals surface area contributed by atoms with E-state index >= 15 is 0 Å². The van der Waals surface area contributed by atoms with Gasteiger partial charge in [-0.25, -0.2) is 4.79 Å². The van der Waals surface area contributed by atoms with E-state index in [9.17, 15) is 9.59 Å². The molecular formula is C14H25N3O3. The average Bonchev–Trinajstić information content (AvgIpc) is 3.02. The fourth-order valence-corrected chi connectivity index (χ4v) is 2.00. The minimum absolute atomic E-state index is 0.114. The first-order valence-electron chi connectivity index (χ1n) is 7.34. The van der Waals surface area contributed by atoms with Gasteiger partial charge in [0.25, 0.3) is 0 Å². The van der Waals surface area contributed by atoms with Crippen molar-refractivity contribution in [2.75, 3.05) is 19.6 Å². The minimum atomic E-state index is -0.448. The summed E-state index contributed by atoms with van der Waals surface area (Å²) in [4.78, 5) is 24.9. The van der Waals surface area contributed by atoms with Crippen LogP contribution >= 0.6 is 0 Å². The molecule has 0 bridgehead atoms. The number of ether oxygens (including phenoxy) is 1. The van der Waals surface area contributed by atoms with E-state index in [1.165, 1.54) is 0 Å². The second kappa shape index (κ2) is 5.99. The second-order valence-corrected chi connectivity index (χ2v) is 6.63. The molecule has 1 aliphatic carbocycles. The van der Waals surface area contributed by atoms with E-state index in [2.05, 4.69) is 10.6 Å². The summed E-state index contributed by atoms with van der Waals surface area (Å²) in [6, 6.07) is 0.699. The molecule has 2 aliphatic rings. The first kappa shape index (κ1) is 15.1. The lowest BCUT2D eigenvalue weighted by atomic mass is 10.1. The number of hydrogen-bond acceptors (Lipinski definition) is 4. The fourth-order valence-electron chi connectivity index (χ4n) is 2.00. The third kappa shape index (κ3) is 5.00. The van der Waals surface area contributed by atoms with Crippen LogP contribution in [-0.2, 0) is 9.53 Å². The van der Waals surface area contributed by atoms with E-state index < -0.39 is 5.60 Å². The van der Waals surface area contributed by atoms with Crippen LogP contribution in [-0.4, -0.2) is 54.2 Å². The van der Waals surface area contributed by atoms with Gasteiger partial charge in [-0.3, -0.25) is 4.79 Å². The van der Waals surface area contributed by atoms with Gasteiger partial charge in [0.15, 0.2) is 0 Å². The molecule has 2 fully saturated rings. The van der Waals surface area contributed by atoms with Crippen molar-refractivity contribution >= 4 is 12.0 Å². The van der Waals surface area contributed by atoms with Crippen molar-refractivity contribution in [3.05, 3.63) is 0 Å². The van der Waals surface area contributed by atoms with Gasteiger partial charge in [0.05, 0.1) is 0 Å². The lowest BCUT2D eigenvalue weighted by Gasteiger charge is -2.40. The topological polar surface area (TPSA) is 70.7 Å². The van der Waals surface area contributed by atoms with Crippen LogP contribution in [0.25, 0.3) is 0 Å². The smallest absolute Gasteiger partial charge is 0.410 e. The Balaban J connectivity index is 1.52. The molecule has 1 saturated carbocycles. The zero-order chi connectivity index (χ0) is 14.8. The summed E-state index contributed by atoms with van der Waals surface area (Å²) < 4.78 is 5.28. The third-order valence-electron chi connectivity index (χ3n) is 3.26. The van der Waals surface area contributed by atoms with Gasteiger partial charge >= 0.3 is 6.09 Å². The van der Waals surface area contributed by atoms with Crippen molar-refractivity contribution in [2.24, 2.45) is 0 Å². The van der Waals surface area contributed by atoms with E-state index in [0.717, 1.165) is 12.8 Å². The molecule has 0 radical (unpaired) electrons. The van der Waals surface area contributed by atoms with Gasteiger partial charge in [-0.2, -0.15) is 0 Å². The fraction of sp³-hybridized carbons (Fsp3) is 0.857. The Morgan fingerprint density at radius 1 is 1.20 bits per heavy atom. The van der Waals surface area contributed by atoms with Crippen molar-refractivity contribution in [2.45, 2.75) is 57.7 Å². The summed E-state index contributed by atoms with van der Waals surface area (Å²) in [5.41, 5.74) is -0.448. The highest BCUT2D eigenvalue weighted by Crippen LogP contribution is 2.18. The lowest BCUT2D eigenvalue weighted by molar-refractivity contribution is -0.121. The maximum Gasteiger partial charge on any atom is 0.410 e. The molecule has 2 rings (SSSR count). The quantitative estimate of drug-likeness (QED) is 0.785. The first-order chi connectivity index (χ1) is 9.33. The number of rotatable bonds is 5. The molecule has 0 aromatic rings. The van der Waals surface area contributed by atoms with Gasteiger partial charge in [0.2, 0.25) is 5.91 Å². The molecule has 6 nitrogen and oxygen atoms in total. The maximum absolute atomic E-state index is 11.7. The van der Waals surface area contributed by atoms with E-state index in [1.54, 1.807) is 4.90 Å². The largest absolute Gasteiger partial charge is 0.444 e. The van der Waals surface area contributed by atoms with Crippen LogP contribution in [0.4, 0.5) is 4.79 Å². The van der Waals surface area contributed by atoms with Gasteiger partial charge in [0.1, 0.15) is 5.60 Å². The summed E-state index contributed by atoms with van der Waals surface area (Å²) in [5, 5.41) is 6.23. The lowest BCUT2D eigenvalue weighted by Crippen LogP contribution is -2.60. The van der Waals surface area contributed by atoms with Crippen LogP contribution in [0.1, 0.15) is 40.0 Å². The normalized spacial score (nSPS) is 19.4. The Morgan fingerprint density at radius 2 is 1.85 bits per heavy atom. The molecule has 1 heterocycles. The Bertz CT molecular complexity index is 368. The number of nitrogens with zero attached hydrogens (tertiary/aromatic N) is 1. The van der Waals surface area contributed by atoms with Gasteiger partial charge in [-0.1, -0.05) is 0 Å². The Kier molecular flexibility index (Phi) is 4.52. The van der Waals surface area contributed by atoms with Crippen molar-refractivity contribution in [3.8, 4) is 0 Å². The molecule has 1 aliphatic heterocycles. The monoisotopic (exact) mass is 283 g/mol. The molecule has 20 heavy (non-hydrogen) atoms. The molecule has 1 saturated heterocycles. The molecule has 0 spiro atoms. The van der Waals surface area contributed by atoms with E-state index in [4.69, 9.17) is 4.74 Å². The zero-order valence-corrected chi connectivity index (χ0v) is 12.6. The molecule has 0 unspecified atom stereocenters. The van der Waals surface area contributed by atoms with Gasteiger partial charge in [0, 0.05) is 38.1 Å². The molecule has 0 atom stereocenters. The highest BCUT2D eigenvalue weighted by atomic mass is 16.6. The third-order valence-corrected chi connectivity index (χ3v) is 3.26. The number of likely N-dealkylation sites (tertiary alicyclic amines) is 1. The summed E-state index contributed by atoms with van der Waals surface area (Å²) in [5.74, 6) is 0.114. The van der Waals surface area contributed by atoms with Crippen LogP contribution in [0.2, 0.25) is 0 Å². The Hall–Kier alpha value is -1.30. The van der Waals surface area contributed by atoms with Crippen LogP contribution in [0.3, 0.4) is 0 Å². The number of nitrogens with one attached hydrogen (secondary N) is 2. The summed E-state index contributed by atoms with van der Waals surface area (Å²) in [6.07, 6.45) is 2.47. The van der Waals surface area contributed by atoms with Gasteiger partial charge < -0.3 is 20.3 Å². The van der Waals surface area contributed by atoms with Crippen LogP contribution in [0.5, 0.6) is 0 Å². The van der Waals surface area contributed by atoms with Crippen LogP contribution in [0, 0.1) is 0 Å². The molecule has 0 aromatic carbocycles. The van der Waals surface area contributed by atoms with Crippen molar-refractivity contribution in [1.29, 1.82) is 0 Å². The maximum atomic E-state index is 11.7. The van der Waals surface area contributed by atoms with Crippen LogP contribution < -0.4 is 10.6 Å². The SMILES string of the molecule is CC(C)(C)OC(=O)N1CC(NCCC(=O)NC2CC2)C1. The zero-order valence-electron chi connectivity index (χ0n) is 12.6. The number of amides is 2. The summed E-state index contributed by atoms with van der Waals surface area (Å²) in [6.45, 7) is 7.54. The molecule has 2 N–H and O–H groups in total. The predicted molar refractivity (Wildman–Crippen MR) is 75.4 cm³/mol. The molecule has 0 aromatic heterocycles. The molecular weight excluding hydrogens is 258 g/mol. The van der Waals surface area contributed by atoms with Crippen molar-refractivity contribution in [3.63, 3.8) is 0 Å². The van der Waals surface area contributed by atoms with E-state index in [-0.39, 0.29) is 18.0 Å². The van der Waals surface area contributed by atoms with Gasteiger partial charge in [-0.05, 0) is 33.6 Å². The summed E-state index contributed by atoms with van der Waals surface area (Å²) >= 11 is 0. The number of carbonyl (C=O) groups excluding carboxylic acids is 2. The average molecular weight is 283 g/mol. The molecule has 2 amide bonds. The highest BCUT2D eigenvalue weighted by molar-refractivity contribution is 5.76. The van der Waals surface area contributed by atoms with Crippen molar-refractivity contribution in [1.82, 2.24) is 15.5 Å². The molecule has 114 valence electrons. The van der Waals surface area contributed by atoms with Crippen LogP contribution in [0.15, 0.2) is 0 Å².